The quantitative estimate of drug-likeness (QED) is 0.642. The van der Waals surface area contributed by atoms with Crippen LogP contribution in [-0.2, 0) is 4.79 Å². The highest BCUT2D eigenvalue weighted by atomic mass is 16.4. The lowest BCUT2D eigenvalue weighted by atomic mass is 9.97. The molecule has 0 heterocycles. The Kier molecular flexibility index (Phi) is 4.99. The summed E-state index contributed by atoms with van der Waals surface area (Å²) in [5.41, 5.74) is 0. The summed E-state index contributed by atoms with van der Waals surface area (Å²) < 4.78 is 0. The lowest BCUT2D eigenvalue weighted by molar-refractivity contribution is -0.138. The van der Waals surface area contributed by atoms with Crippen molar-refractivity contribution in [2.75, 3.05) is 0 Å². The summed E-state index contributed by atoms with van der Waals surface area (Å²) in [6.07, 6.45) is 3.46. The Labute approximate surface area is 62.2 Å². The second-order valence-corrected chi connectivity index (χ2v) is 2.66. The van der Waals surface area contributed by atoms with Gasteiger partial charge in [-0.3, -0.25) is 4.79 Å². The molecule has 10 heavy (non-hydrogen) atoms. The topological polar surface area (TPSA) is 37.3 Å². The van der Waals surface area contributed by atoms with E-state index in [1.165, 1.54) is 0 Å². The molecule has 1 atom stereocenters. The van der Waals surface area contributed by atoms with E-state index in [9.17, 15) is 4.79 Å². The van der Waals surface area contributed by atoms with Gasteiger partial charge in [-0.1, -0.05) is 33.1 Å². The summed E-state index contributed by atoms with van der Waals surface area (Å²) in [5.74, 6) is -0.275. The molecule has 1 N–H and O–H groups in total. The predicted molar refractivity (Wildman–Crippen MR) is 40.9 cm³/mol. The van der Waals surface area contributed by atoms with E-state index in [-0.39, 0.29) is 0 Å². The summed E-state index contributed by atoms with van der Waals surface area (Å²) in [6, 6.07) is 0. The molecule has 0 aliphatic carbocycles. The molecule has 0 aliphatic heterocycles. The molecule has 2 heteroatoms. The summed E-state index contributed by atoms with van der Waals surface area (Å²) in [7, 11) is 0. The van der Waals surface area contributed by atoms with Gasteiger partial charge in [-0.2, -0.15) is 0 Å². The van der Waals surface area contributed by atoms with Gasteiger partial charge in [-0.25, -0.2) is 0 Å². The van der Waals surface area contributed by atoms with Crippen molar-refractivity contribution >= 4 is 5.97 Å². The number of rotatable bonds is 5. The van der Waals surface area contributed by atoms with Gasteiger partial charge in [0.05, 0.1) is 0 Å². The first-order chi connectivity index (χ1) is 4.70. The molecule has 0 spiro atoms. The maximum absolute atomic E-state index is 10.2. The smallest absolute Gasteiger partial charge is 0.303 e. The summed E-state index contributed by atoms with van der Waals surface area (Å²) in [6.45, 7) is 4.13. The van der Waals surface area contributed by atoms with Gasteiger partial charge in [0, 0.05) is 6.42 Å². The lowest BCUT2D eigenvalue weighted by Crippen LogP contribution is -2.06. The van der Waals surface area contributed by atoms with E-state index >= 15 is 0 Å². The Morgan fingerprint density at radius 3 is 2.40 bits per heavy atom. The van der Waals surface area contributed by atoms with E-state index in [4.69, 9.17) is 5.11 Å². The summed E-state index contributed by atoms with van der Waals surface area (Å²) in [5, 5.41) is 8.44. The molecule has 0 rings (SSSR count). The second kappa shape index (κ2) is 5.27. The maximum atomic E-state index is 10.2. The lowest BCUT2D eigenvalue weighted by Gasteiger charge is -2.08. The van der Waals surface area contributed by atoms with Gasteiger partial charge in [-0.05, 0) is 5.92 Å². The average molecular weight is 144 g/mol. The van der Waals surface area contributed by atoms with Gasteiger partial charge in [0.15, 0.2) is 0 Å². The van der Waals surface area contributed by atoms with Crippen LogP contribution in [0.1, 0.15) is 39.5 Å². The minimum absolute atomic E-state index is 0.338. The van der Waals surface area contributed by atoms with Crippen molar-refractivity contribution in [2.24, 2.45) is 5.92 Å². The Balaban J connectivity index is 3.49. The van der Waals surface area contributed by atoms with E-state index in [0.29, 0.717) is 12.3 Å². The number of carboxylic acids is 1. The highest BCUT2D eigenvalue weighted by Gasteiger charge is 2.08. The number of aliphatic carboxylic acids is 1. The fourth-order valence-electron chi connectivity index (χ4n) is 1.11. The molecule has 0 saturated carbocycles. The molecule has 0 fully saturated rings. The van der Waals surface area contributed by atoms with Gasteiger partial charge < -0.3 is 5.11 Å². The van der Waals surface area contributed by atoms with Crippen LogP contribution in [0.4, 0.5) is 0 Å². The van der Waals surface area contributed by atoms with Gasteiger partial charge in [0.1, 0.15) is 0 Å². The van der Waals surface area contributed by atoms with Gasteiger partial charge in [0.25, 0.3) is 0 Å². The molecule has 0 unspecified atom stereocenters. The van der Waals surface area contributed by atoms with E-state index in [1.807, 2.05) is 6.92 Å². The molecule has 60 valence electrons. The normalized spacial score (nSPS) is 13.0. The van der Waals surface area contributed by atoms with Crippen LogP contribution in [-0.4, -0.2) is 11.1 Å². The van der Waals surface area contributed by atoms with Crippen LogP contribution in [0, 0.1) is 5.92 Å². The van der Waals surface area contributed by atoms with Gasteiger partial charge in [-0.15, -0.1) is 0 Å². The van der Waals surface area contributed by atoms with E-state index in [2.05, 4.69) is 6.92 Å². The monoisotopic (exact) mass is 144 g/mol. The fourth-order valence-corrected chi connectivity index (χ4v) is 1.11. The maximum Gasteiger partial charge on any atom is 0.303 e. The molecule has 0 radical (unpaired) electrons. The van der Waals surface area contributed by atoms with Crippen molar-refractivity contribution in [3.8, 4) is 0 Å². The predicted octanol–water partition coefficient (Wildman–Crippen LogP) is 2.29. The molecule has 0 saturated heterocycles. The standard InChI is InChI=1S/C8H16O2/c1-3-5-7(4-2)6-8(9)10/h7H,3-6H2,1-2H3,(H,9,10)/t7-/m0/s1. The SMILES string of the molecule is CCC[C@H](CC)CC(=O)O. The fraction of sp³-hybridized carbons (Fsp3) is 0.875. The van der Waals surface area contributed by atoms with Crippen LogP contribution in [0.3, 0.4) is 0 Å². The van der Waals surface area contributed by atoms with Crippen LogP contribution < -0.4 is 0 Å². The van der Waals surface area contributed by atoms with Crippen LogP contribution in [0.25, 0.3) is 0 Å². The average Bonchev–Trinajstić information content (AvgIpc) is 1.86. The molecule has 0 aromatic carbocycles. The zero-order chi connectivity index (χ0) is 7.98. The summed E-state index contributed by atoms with van der Waals surface area (Å²) >= 11 is 0. The third-order valence-corrected chi connectivity index (χ3v) is 1.74. The molecular weight excluding hydrogens is 128 g/mol. The number of hydrogen-bond donors (Lipinski definition) is 1. The van der Waals surface area contributed by atoms with Crippen LogP contribution in [0.2, 0.25) is 0 Å². The highest BCUT2D eigenvalue weighted by molar-refractivity contribution is 5.66. The van der Waals surface area contributed by atoms with Crippen molar-refractivity contribution in [3.63, 3.8) is 0 Å². The van der Waals surface area contributed by atoms with Gasteiger partial charge >= 0.3 is 5.97 Å². The van der Waals surface area contributed by atoms with Crippen molar-refractivity contribution in [3.05, 3.63) is 0 Å². The number of carboxylic acid groups (broad SMARTS) is 1. The molecule has 0 aromatic heterocycles. The second-order valence-electron chi connectivity index (χ2n) is 2.66. The number of carbonyl (C=O) groups is 1. The third-order valence-electron chi connectivity index (χ3n) is 1.74. The van der Waals surface area contributed by atoms with Crippen LogP contribution >= 0.6 is 0 Å². The third kappa shape index (κ3) is 4.36. The Hall–Kier alpha value is -0.530. The highest BCUT2D eigenvalue weighted by Crippen LogP contribution is 2.14. The first-order valence-corrected chi connectivity index (χ1v) is 3.92. The van der Waals surface area contributed by atoms with E-state index in [0.717, 1.165) is 19.3 Å². The molecule has 0 aliphatic rings. The molecular formula is C8H16O2. The Morgan fingerprint density at radius 2 is 2.10 bits per heavy atom. The molecule has 0 bridgehead atoms. The zero-order valence-corrected chi connectivity index (χ0v) is 6.76. The van der Waals surface area contributed by atoms with Crippen LogP contribution in [0.5, 0.6) is 0 Å². The van der Waals surface area contributed by atoms with Crippen molar-refractivity contribution in [1.29, 1.82) is 0 Å². The van der Waals surface area contributed by atoms with E-state index in [1.54, 1.807) is 0 Å². The molecule has 2 nitrogen and oxygen atoms in total. The first kappa shape index (κ1) is 9.47. The van der Waals surface area contributed by atoms with Crippen molar-refractivity contribution in [1.82, 2.24) is 0 Å². The van der Waals surface area contributed by atoms with Crippen LogP contribution in [0.15, 0.2) is 0 Å². The molecule has 0 aromatic rings. The molecule has 0 amide bonds. The van der Waals surface area contributed by atoms with Crippen molar-refractivity contribution in [2.45, 2.75) is 39.5 Å². The van der Waals surface area contributed by atoms with E-state index < -0.39 is 5.97 Å². The zero-order valence-electron chi connectivity index (χ0n) is 6.76. The number of hydrogen-bond acceptors (Lipinski definition) is 1. The van der Waals surface area contributed by atoms with Crippen molar-refractivity contribution < 1.29 is 9.90 Å². The Bertz CT molecular complexity index is 99.4. The largest absolute Gasteiger partial charge is 0.481 e. The Morgan fingerprint density at radius 1 is 1.50 bits per heavy atom. The van der Waals surface area contributed by atoms with Gasteiger partial charge in [0.2, 0.25) is 0 Å². The minimum atomic E-state index is -0.666. The summed E-state index contributed by atoms with van der Waals surface area (Å²) in [4.78, 5) is 10.2. The first-order valence-electron chi connectivity index (χ1n) is 3.92. The minimum Gasteiger partial charge on any atom is -0.481 e.